The predicted molar refractivity (Wildman–Crippen MR) is 105 cm³/mol. The van der Waals surface area contributed by atoms with Gasteiger partial charge in [0.25, 0.3) is 0 Å². The topological polar surface area (TPSA) is 84.8 Å². The normalized spacial score (nSPS) is 14.8. The number of benzene rings is 1. The van der Waals surface area contributed by atoms with Crippen molar-refractivity contribution in [3.05, 3.63) is 47.5 Å². The molecule has 0 aliphatic heterocycles. The van der Waals surface area contributed by atoms with Crippen molar-refractivity contribution in [2.24, 2.45) is 0 Å². The summed E-state index contributed by atoms with van der Waals surface area (Å²) < 4.78 is 10.8. The van der Waals surface area contributed by atoms with Crippen molar-refractivity contribution in [1.82, 2.24) is 14.9 Å². The highest BCUT2D eigenvalue weighted by atomic mass is 16.5. The van der Waals surface area contributed by atoms with Gasteiger partial charge in [0.2, 0.25) is 0 Å². The first kappa shape index (κ1) is 20.1. The highest BCUT2D eigenvalue weighted by Gasteiger charge is 2.22. The predicted octanol–water partition coefficient (Wildman–Crippen LogP) is 3.53. The molecule has 7 heteroatoms. The molecule has 0 unspecified atom stereocenters. The lowest BCUT2D eigenvalue weighted by Gasteiger charge is -2.34. The van der Waals surface area contributed by atoms with Crippen LogP contribution in [-0.4, -0.2) is 46.2 Å². The second kappa shape index (κ2) is 9.50. The van der Waals surface area contributed by atoms with Crippen molar-refractivity contribution < 1.29 is 19.4 Å². The summed E-state index contributed by atoms with van der Waals surface area (Å²) in [7, 11) is 3.30. The number of nitrogens with zero attached hydrogens (tertiary/aromatic N) is 3. The maximum atomic E-state index is 11.0. The molecule has 0 spiro atoms. The summed E-state index contributed by atoms with van der Waals surface area (Å²) in [5.41, 5.74) is 1.84. The lowest BCUT2D eigenvalue weighted by atomic mass is 9.93. The first-order valence-electron chi connectivity index (χ1n) is 9.59. The van der Waals surface area contributed by atoms with Crippen molar-refractivity contribution in [2.75, 3.05) is 14.2 Å². The molecule has 1 N–H and O–H groups in total. The number of hydrogen-bond donors (Lipinski definition) is 1. The Morgan fingerprint density at radius 1 is 1.04 bits per heavy atom. The van der Waals surface area contributed by atoms with Crippen LogP contribution in [0.3, 0.4) is 0 Å². The van der Waals surface area contributed by atoms with Crippen molar-refractivity contribution in [3.8, 4) is 11.5 Å². The number of ether oxygens (including phenoxy) is 2. The summed E-state index contributed by atoms with van der Waals surface area (Å²) in [6, 6.07) is 6.38. The molecule has 1 aromatic heterocycles. The van der Waals surface area contributed by atoms with Crippen LogP contribution < -0.4 is 9.47 Å². The monoisotopic (exact) mass is 385 g/mol. The fraction of sp³-hybridized carbons (Fsp3) is 0.476. The summed E-state index contributed by atoms with van der Waals surface area (Å²) in [5, 5.41) is 9.02. The number of carboxylic acids is 1. The molecule has 2 aromatic rings. The average Bonchev–Trinajstić information content (AvgIpc) is 2.74. The fourth-order valence-electron chi connectivity index (χ4n) is 3.71. The zero-order chi connectivity index (χ0) is 19.9. The standard InChI is InChI=1S/C21H27N3O4/c1-27-18-8-15(9-19(10-18)28-2)13-24(17-6-4-3-5-7-17)14-16-11-23-20(12-22-16)21(25)26/h8-12,17H,3-7,13-14H2,1-2H3,(H,25,26). The van der Waals surface area contributed by atoms with Gasteiger partial charge in [-0.3, -0.25) is 9.88 Å². The minimum Gasteiger partial charge on any atom is -0.497 e. The van der Waals surface area contributed by atoms with Crippen LogP contribution >= 0.6 is 0 Å². The van der Waals surface area contributed by atoms with Gasteiger partial charge in [0.1, 0.15) is 11.5 Å². The van der Waals surface area contributed by atoms with Gasteiger partial charge < -0.3 is 14.6 Å². The Morgan fingerprint density at radius 3 is 2.25 bits per heavy atom. The molecule has 1 saturated carbocycles. The molecule has 0 radical (unpaired) electrons. The fourth-order valence-corrected chi connectivity index (χ4v) is 3.71. The molecule has 0 amide bonds. The van der Waals surface area contributed by atoms with Crippen LogP contribution in [0.5, 0.6) is 11.5 Å². The summed E-state index contributed by atoms with van der Waals surface area (Å²) in [6.45, 7) is 1.36. The van der Waals surface area contributed by atoms with E-state index in [1.54, 1.807) is 20.4 Å². The molecule has 1 heterocycles. The first-order valence-corrected chi connectivity index (χ1v) is 9.59. The van der Waals surface area contributed by atoms with E-state index >= 15 is 0 Å². The van der Waals surface area contributed by atoms with Crippen LogP contribution in [0, 0.1) is 0 Å². The highest BCUT2D eigenvalue weighted by molar-refractivity contribution is 5.84. The molecule has 1 aliphatic rings. The maximum Gasteiger partial charge on any atom is 0.356 e. The van der Waals surface area contributed by atoms with Gasteiger partial charge in [-0.25, -0.2) is 9.78 Å². The summed E-state index contributed by atoms with van der Waals surface area (Å²) in [6.07, 6.45) is 8.93. The molecule has 1 aromatic carbocycles. The molecular weight excluding hydrogens is 358 g/mol. The molecule has 1 aliphatic carbocycles. The third-order valence-electron chi connectivity index (χ3n) is 5.18. The number of aromatic carboxylic acids is 1. The molecule has 3 rings (SSSR count). The van der Waals surface area contributed by atoms with Crippen molar-refractivity contribution >= 4 is 5.97 Å². The van der Waals surface area contributed by atoms with Gasteiger partial charge in [-0.05, 0) is 30.5 Å². The number of carbonyl (C=O) groups is 1. The minimum atomic E-state index is -1.06. The van der Waals surface area contributed by atoms with Crippen LogP contribution in [-0.2, 0) is 13.1 Å². The van der Waals surface area contributed by atoms with Gasteiger partial charge in [-0.1, -0.05) is 19.3 Å². The van der Waals surface area contributed by atoms with E-state index in [9.17, 15) is 4.79 Å². The smallest absolute Gasteiger partial charge is 0.356 e. The van der Waals surface area contributed by atoms with E-state index in [1.807, 2.05) is 18.2 Å². The third kappa shape index (κ3) is 5.19. The van der Waals surface area contributed by atoms with E-state index in [1.165, 1.54) is 25.5 Å². The number of rotatable bonds is 8. The van der Waals surface area contributed by atoms with Crippen molar-refractivity contribution in [1.29, 1.82) is 0 Å². The van der Waals surface area contributed by atoms with E-state index in [-0.39, 0.29) is 5.69 Å². The summed E-state index contributed by atoms with van der Waals surface area (Å²) >= 11 is 0. The molecule has 1 fully saturated rings. The quantitative estimate of drug-likeness (QED) is 0.744. The highest BCUT2D eigenvalue weighted by Crippen LogP contribution is 2.28. The van der Waals surface area contributed by atoms with Crippen LogP contribution in [0.25, 0.3) is 0 Å². The lowest BCUT2D eigenvalue weighted by Crippen LogP contribution is -2.36. The zero-order valence-corrected chi connectivity index (χ0v) is 16.4. The first-order chi connectivity index (χ1) is 13.6. The van der Waals surface area contributed by atoms with Gasteiger partial charge in [0.15, 0.2) is 5.69 Å². The Kier molecular flexibility index (Phi) is 6.81. The van der Waals surface area contributed by atoms with Crippen LogP contribution in [0.4, 0.5) is 0 Å². The van der Waals surface area contributed by atoms with Crippen LogP contribution in [0.2, 0.25) is 0 Å². The van der Waals surface area contributed by atoms with Gasteiger partial charge in [-0.15, -0.1) is 0 Å². The van der Waals surface area contributed by atoms with E-state index in [0.717, 1.165) is 42.1 Å². The molecule has 0 atom stereocenters. The zero-order valence-electron chi connectivity index (χ0n) is 16.4. The van der Waals surface area contributed by atoms with E-state index < -0.39 is 5.97 Å². The number of hydrogen-bond acceptors (Lipinski definition) is 6. The minimum absolute atomic E-state index is 0.0366. The average molecular weight is 385 g/mol. The molecule has 150 valence electrons. The number of aromatic nitrogens is 2. The largest absolute Gasteiger partial charge is 0.497 e. The van der Waals surface area contributed by atoms with Gasteiger partial charge in [0, 0.05) is 25.2 Å². The molecule has 0 bridgehead atoms. The molecule has 0 saturated heterocycles. The van der Waals surface area contributed by atoms with E-state index in [2.05, 4.69) is 14.9 Å². The number of methoxy groups -OCH3 is 2. The Morgan fingerprint density at radius 2 is 1.71 bits per heavy atom. The van der Waals surface area contributed by atoms with E-state index in [0.29, 0.717) is 12.6 Å². The summed E-state index contributed by atoms with van der Waals surface area (Å²) in [5.74, 6) is 0.471. The van der Waals surface area contributed by atoms with Crippen molar-refractivity contribution in [3.63, 3.8) is 0 Å². The maximum absolute atomic E-state index is 11.0. The SMILES string of the molecule is COc1cc(CN(Cc2cnc(C(=O)O)cn2)C2CCCCC2)cc(OC)c1. The van der Waals surface area contributed by atoms with Crippen molar-refractivity contribution in [2.45, 2.75) is 51.2 Å². The molecule has 28 heavy (non-hydrogen) atoms. The Balaban J connectivity index is 1.81. The second-order valence-electron chi connectivity index (χ2n) is 7.12. The van der Waals surface area contributed by atoms with Gasteiger partial charge >= 0.3 is 5.97 Å². The third-order valence-corrected chi connectivity index (χ3v) is 5.18. The molecular formula is C21H27N3O4. The van der Waals surface area contributed by atoms with E-state index in [4.69, 9.17) is 14.6 Å². The second-order valence-corrected chi connectivity index (χ2v) is 7.12. The lowest BCUT2D eigenvalue weighted by molar-refractivity contribution is 0.0689. The molecule has 7 nitrogen and oxygen atoms in total. The number of carboxylic acid groups (broad SMARTS) is 1. The Hall–Kier alpha value is -2.67. The summed E-state index contributed by atoms with van der Waals surface area (Å²) in [4.78, 5) is 21.7. The Bertz CT molecular complexity index is 766. The van der Waals surface area contributed by atoms with Gasteiger partial charge in [-0.2, -0.15) is 0 Å². The van der Waals surface area contributed by atoms with Gasteiger partial charge in [0.05, 0.1) is 32.3 Å². The van der Waals surface area contributed by atoms with Crippen LogP contribution in [0.1, 0.15) is 53.8 Å². The Labute approximate surface area is 165 Å². The van der Waals surface area contributed by atoms with Crippen LogP contribution in [0.15, 0.2) is 30.6 Å².